The molecule has 0 radical (unpaired) electrons. The van der Waals surface area contributed by atoms with Crippen molar-refractivity contribution in [2.75, 3.05) is 26.2 Å². The molecule has 1 aromatic carbocycles. The van der Waals surface area contributed by atoms with E-state index in [4.69, 9.17) is 11.2 Å². The van der Waals surface area contributed by atoms with E-state index in [1.807, 2.05) is 12.1 Å². The maximum atomic E-state index is 5.84. The van der Waals surface area contributed by atoms with Crippen LogP contribution in [-0.4, -0.2) is 37.0 Å². The smallest absolute Gasteiger partial charge is 0.145 e. The second kappa shape index (κ2) is 7.06. The Balaban J connectivity index is 0.00000180. The second-order valence-electron chi connectivity index (χ2n) is 4.41. The molecule has 0 aliphatic carbocycles. The molecular weight excluding hydrogens is 260 g/mol. The predicted octanol–water partition coefficient (Wildman–Crippen LogP) is 2.45. The summed E-state index contributed by atoms with van der Waals surface area (Å²) >= 11 is 0. The number of halogens is 1. The molecule has 0 saturated heterocycles. The molecule has 0 atom stereocenters. The number of aryl methyl sites for hydroxylation is 1. The number of nitrogens with zero attached hydrogens (tertiary/aromatic N) is 2. The summed E-state index contributed by atoms with van der Waals surface area (Å²) in [4.78, 5) is 6.51. The average Bonchev–Trinajstić information content (AvgIpc) is 2.79. The van der Waals surface area contributed by atoms with Gasteiger partial charge in [-0.1, -0.05) is 18.1 Å². The zero-order valence-corrected chi connectivity index (χ0v) is 12.2. The highest BCUT2D eigenvalue weighted by Gasteiger charge is 2.16. The van der Waals surface area contributed by atoms with Crippen LogP contribution in [0.2, 0.25) is 0 Å². The Hall–Kier alpha value is -1.66. The van der Waals surface area contributed by atoms with Crippen LogP contribution in [0.25, 0.3) is 0 Å². The minimum atomic E-state index is 0. The number of hydrogen-bond acceptors (Lipinski definition) is 3. The largest absolute Gasteiger partial charge is 0.485 e. The highest BCUT2D eigenvalue weighted by atomic mass is 35.5. The van der Waals surface area contributed by atoms with Crippen LogP contribution in [0.4, 0.5) is 0 Å². The van der Waals surface area contributed by atoms with E-state index in [0.717, 1.165) is 24.7 Å². The number of amidine groups is 1. The van der Waals surface area contributed by atoms with Gasteiger partial charge in [0.05, 0.1) is 13.1 Å². The molecule has 1 aromatic rings. The summed E-state index contributed by atoms with van der Waals surface area (Å²) in [6.45, 7) is 6.96. The standard InChI is InChI=1S/C15H18N2O.ClH/c1-4-9-17-10-8-16-15(17)11-18-14-7-5-6-12(2)13(14)3;/h1,5-7H,8-11H2,2-3H3;1H. The highest BCUT2D eigenvalue weighted by Crippen LogP contribution is 2.20. The van der Waals surface area contributed by atoms with Crippen molar-refractivity contribution in [1.82, 2.24) is 4.90 Å². The minimum absolute atomic E-state index is 0. The first-order valence-electron chi connectivity index (χ1n) is 6.13. The third kappa shape index (κ3) is 3.65. The van der Waals surface area contributed by atoms with Crippen LogP contribution in [0.3, 0.4) is 0 Å². The Bertz CT molecular complexity index is 505. The van der Waals surface area contributed by atoms with Gasteiger partial charge in [-0.3, -0.25) is 4.99 Å². The lowest BCUT2D eigenvalue weighted by atomic mass is 10.1. The summed E-state index contributed by atoms with van der Waals surface area (Å²) in [5.74, 6) is 4.52. The quantitative estimate of drug-likeness (QED) is 0.791. The van der Waals surface area contributed by atoms with Crippen LogP contribution in [-0.2, 0) is 0 Å². The van der Waals surface area contributed by atoms with Gasteiger partial charge in [0.25, 0.3) is 0 Å². The number of hydrogen-bond donors (Lipinski definition) is 0. The predicted molar refractivity (Wildman–Crippen MR) is 81.4 cm³/mol. The van der Waals surface area contributed by atoms with Crippen LogP contribution in [0.1, 0.15) is 11.1 Å². The molecule has 1 aliphatic heterocycles. The van der Waals surface area contributed by atoms with Gasteiger partial charge >= 0.3 is 0 Å². The number of benzene rings is 1. The molecule has 0 bridgehead atoms. The van der Waals surface area contributed by atoms with Crippen LogP contribution in [0, 0.1) is 26.2 Å². The molecular formula is C15H19ClN2O. The second-order valence-corrected chi connectivity index (χ2v) is 4.41. The van der Waals surface area contributed by atoms with Gasteiger partial charge in [0.15, 0.2) is 0 Å². The van der Waals surface area contributed by atoms with Gasteiger partial charge in [0.1, 0.15) is 18.2 Å². The van der Waals surface area contributed by atoms with Gasteiger partial charge in [0, 0.05) is 6.54 Å². The summed E-state index contributed by atoms with van der Waals surface area (Å²) in [6.07, 6.45) is 5.33. The molecule has 4 heteroatoms. The zero-order valence-electron chi connectivity index (χ0n) is 11.3. The molecule has 102 valence electrons. The molecule has 1 aliphatic rings. The fourth-order valence-corrected chi connectivity index (χ4v) is 1.97. The normalized spacial score (nSPS) is 13.5. The minimum Gasteiger partial charge on any atom is -0.485 e. The Kier molecular flexibility index (Phi) is 5.72. The first kappa shape index (κ1) is 15.4. The van der Waals surface area contributed by atoms with Gasteiger partial charge in [-0.05, 0) is 31.0 Å². The van der Waals surface area contributed by atoms with Crippen LogP contribution < -0.4 is 4.74 Å². The van der Waals surface area contributed by atoms with Crippen molar-refractivity contribution >= 4 is 18.2 Å². The Morgan fingerprint density at radius 2 is 2.21 bits per heavy atom. The summed E-state index contributed by atoms with van der Waals surface area (Å²) in [5, 5.41) is 0. The Morgan fingerprint density at radius 1 is 1.42 bits per heavy atom. The van der Waals surface area contributed by atoms with Crippen molar-refractivity contribution in [3.63, 3.8) is 0 Å². The number of rotatable bonds is 4. The van der Waals surface area contributed by atoms with E-state index in [0.29, 0.717) is 13.2 Å². The topological polar surface area (TPSA) is 24.8 Å². The van der Waals surface area contributed by atoms with Crippen molar-refractivity contribution < 1.29 is 4.74 Å². The van der Waals surface area contributed by atoms with Crippen LogP contribution >= 0.6 is 12.4 Å². The maximum absolute atomic E-state index is 5.84. The fourth-order valence-electron chi connectivity index (χ4n) is 1.97. The fraction of sp³-hybridized carbons (Fsp3) is 0.400. The van der Waals surface area contributed by atoms with Gasteiger partial charge in [0.2, 0.25) is 0 Å². The Morgan fingerprint density at radius 3 is 2.95 bits per heavy atom. The first-order chi connectivity index (χ1) is 8.72. The summed E-state index contributed by atoms with van der Waals surface area (Å²) in [7, 11) is 0. The summed E-state index contributed by atoms with van der Waals surface area (Å²) < 4.78 is 5.84. The SMILES string of the molecule is C#CCN1CCN=C1COc1cccc(C)c1C.Cl. The molecule has 0 fully saturated rings. The number of ether oxygens (including phenoxy) is 1. The third-order valence-corrected chi connectivity index (χ3v) is 3.22. The lowest BCUT2D eigenvalue weighted by Crippen LogP contribution is -2.32. The van der Waals surface area contributed by atoms with Crippen LogP contribution in [0.15, 0.2) is 23.2 Å². The molecule has 2 rings (SSSR count). The lowest BCUT2D eigenvalue weighted by molar-refractivity contribution is 0.352. The molecule has 0 N–H and O–H groups in total. The van der Waals surface area contributed by atoms with Gasteiger partial charge in [-0.15, -0.1) is 18.8 Å². The van der Waals surface area contributed by atoms with Gasteiger partial charge < -0.3 is 9.64 Å². The third-order valence-electron chi connectivity index (χ3n) is 3.22. The lowest BCUT2D eigenvalue weighted by Gasteiger charge is -2.18. The van der Waals surface area contributed by atoms with Crippen molar-refractivity contribution in [2.24, 2.45) is 4.99 Å². The van der Waals surface area contributed by atoms with E-state index in [1.54, 1.807) is 0 Å². The Labute approximate surface area is 121 Å². The van der Waals surface area contributed by atoms with E-state index in [9.17, 15) is 0 Å². The molecule has 0 amide bonds. The van der Waals surface area contributed by atoms with Gasteiger partial charge in [-0.25, -0.2) is 0 Å². The van der Waals surface area contributed by atoms with E-state index in [2.05, 4.69) is 35.7 Å². The monoisotopic (exact) mass is 278 g/mol. The number of terminal acetylenes is 1. The van der Waals surface area contributed by atoms with E-state index < -0.39 is 0 Å². The molecule has 0 spiro atoms. The van der Waals surface area contributed by atoms with Gasteiger partial charge in [-0.2, -0.15) is 0 Å². The summed E-state index contributed by atoms with van der Waals surface area (Å²) in [5.41, 5.74) is 2.42. The molecule has 0 unspecified atom stereocenters. The van der Waals surface area contributed by atoms with Crippen molar-refractivity contribution in [3.8, 4) is 18.1 Å². The number of aliphatic imine (C=N–C) groups is 1. The average molecular weight is 279 g/mol. The van der Waals surface area contributed by atoms with Crippen molar-refractivity contribution in [2.45, 2.75) is 13.8 Å². The van der Waals surface area contributed by atoms with Crippen molar-refractivity contribution in [3.05, 3.63) is 29.3 Å². The van der Waals surface area contributed by atoms with Crippen LogP contribution in [0.5, 0.6) is 5.75 Å². The summed E-state index contributed by atoms with van der Waals surface area (Å²) in [6, 6.07) is 6.08. The highest BCUT2D eigenvalue weighted by molar-refractivity contribution is 5.85. The zero-order chi connectivity index (χ0) is 13.0. The molecule has 3 nitrogen and oxygen atoms in total. The van der Waals surface area contributed by atoms with Crippen molar-refractivity contribution in [1.29, 1.82) is 0 Å². The first-order valence-corrected chi connectivity index (χ1v) is 6.13. The van der Waals surface area contributed by atoms with E-state index in [-0.39, 0.29) is 12.4 Å². The molecule has 0 saturated carbocycles. The maximum Gasteiger partial charge on any atom is 0.145 e. The molecule has 1 heterocycles. The van der Waals surface area contributed by atoms with E-state index in [1.165, 1.54) is 11.1 Å². The van der Waals surface area contributed by atoms with E-state index >= 15 is 0 Å². The molecule has 0 aromatic heterocycles. The molecule has 19 heavy (non-hydrogen) atoms.